The SMILES string of the molecule is COc1cc(Cl)c(C)cc1NS(=O)(=O)c1ccc(Cc2cc(C)n[nH]c2=O)cc1. The van der Waals surface area contributed by atoms with E-state index in [9.17, 15) is 13.2 Å². The predicted molar refractivity (Wildman–Crippen MR) is 112 cm³/mol. The Balaban J connectivity index is 1.84. The van der Waals surface area contributed by atoms with Crippen LogP contribution in [0.1, 0.15) is 22.4 Å². The third kappa shape index (κ3) is 4.78. The molecule has 0 saturated heterocycles. The number of halogens is 1. The number of sulfonamides is 1. The van der Waals surface area contributed by atoms with Gasteiger partial charge in [-0.3, -0.25) is 9.52 Å². The molecule has 0 unspecified atom stereocenters. The monoisotopic (exact) mass is 433 g/mol. The molecule has 0 atom stereocenters. The lowest BCUT2D eigenvalue weighted by Crippen LogP contribution is -2.15. The Kier molecular flexibility index (Phi) is 5.95. The molecule has 0 radical (unpaired) electrons. The molecule has 1 aromatic heterocycles. The fourth-order valence-electron chi connectivity index (χ4n) is 2.81. The molecular weight excluding hydrogens is 414 g/mol. The summed E-state index contributed by atoms with van der Waals surface area (Å²) in [5.41, 5.74) is 2.83. The Labute approximate surface area is 173 Å². The van der Waals surface area contributed by atoms with E-state index < -0.39 is 10.0 Å². The molecule has 0 fully saturated rings. The number of nitrogens with one attached hydrogen (secondary N) is 2. The Morgan fingerprint density at radius 2 is 1.83 bits per heavy atom. The molecule has 0 aliphatic rings. The second kappa shape index (κ2) is 8.26. The second-order valence-corrected chi connectivity index (χ2v) is 8.68. The number of methoxy groups -OCH3 is 1. The minimum absolute atomic E-state index is 0.0933. The fraction of sp³-hybridized carbons (Fsp3) is 0.200. The van der Waals surface area contributed by atoms with Gasteiger partial charge in [0.25, 0.3) is 15.6 Å². The molecule has 2 aromatic carbocycles. The Morgan fingerprint density at radius 1 is 1.14 bits per heavy atom. The minimum Gasteiger partial charge on any atom is -0.495 e. The van der Waals surface area contributed by atoms with Gasteiger partial charge in [-0.1, -0.05) is 23.7 Å². The molecule has 0 amide bonds. The van der Waals surface area contributed by atoms with E-state index in [1.165, 1.54) is 19.2 Å². The molecule has 9 heteroatoms. The van der Waals surface area contributed by atoms with Gasteiger partial charge in [-0.2, -0.15) is 5.10 Å². The summed E-state index contributed by atoms with van der Waals surface area (Å²) in [5.74, 6) is 0.327. The number of benzene rings is 2. The zero-order valence-electron chi connectivity index (χ0n) is 16.1. The number of aromatic nitrogens is 2. The molecule has 0 spiro atoms. The summed E-state index contributed by atoms with van der Waals surface area (Å²) < 4.78 is 33.3. The number of aromatic amines is 1. The summed E-state index contributed by atoms with van der Waals surface area (Å²) in [4.78, 5) is 12.0. The molecule has 1 heterocycles. The van der Waals surface area contributed by atoms with Gasteiger partial charge in [0.2, 0.25) is 0 Å². The minimum atomic E-state index is -3.83. The van der Waals surface area contributed by atoms with E-state index in [2.05, 4.69) is 14.9 Å². The van der Waals surface area contributed by atoms with Crippen LogP contribution < -0.4 is 15.0 Å². The highest BCUT2D eigenvalue weighted by Crippen LogP contribution is 2.32. The van der Waals surface area contributed by atoms with E-state index in [1.807, 2.05) is 0 Å². The van der Waals surface area contributed by atoms with Crippen molar-refractivity contribution in [2.75, 3.05) is 11.8 Å². The topological polar surface area (TPSA) is 101 Å². The third-order valence-electron chi connectivity index (χ3n) is 4.36. The number of rotatable bonds is 6. The Hall–Kier alpha value is -2.84. The molecule has 0 bridgehead atoms. The average molecular weight is 434 g/mol. The maximum absolute atomic E-state index is 12.8. The summed E-state index contributed by atoms with van der Waals surface area (Å²) in [6, 6.07) is 11.2. The van der Waals surface area contributed by atoms with Crippen LogP contribution in [0.5, 0.6) is 5.75 Å². The summed E-state index contributed by atoms with van der Waals surface area (Å²) in [5, 5.41) is 6.77. The van der Waals surface area contributed by atoms with Gasteiger partial charge in [-0.25, -0.2) is 13.5 Å². The van der Waals surface area contributed by atoms with Crippen molar-refractivity contribution in [3.63, 3.8) is 0 Å². The molecule has 3 rings (SSSR count). The van der Waals surface area contributed by atoms with Crippen molar-refractivity contribution in [2.45, 2.75) is 25.2 Å². The van der Waals surface area contributed by atoms with Crippen molar-refractivity contribution >= 4 is 27.3 Å². The van der Waals surface area contributed by atoms with Crippen molar-refractivity contribution in [2.24, 2.45) is 0 Å². The highest BCUT2D eigenvalue weighted by molar-refractivity contribution is 7.92. The van der Waals surface area contributed by atoms with Crippen molar-refractivity contribution in [3.8, 4) is 5.75 Å². The summed E-state index contributed by atoms with van der Waals surface area (Å²) in [6.07, 6.45) is 0.372. The number of hydrogen-bond acceptors (Lipinski definition) is 5. The van der Waals surface area contributed by atoms with Crippen molar-refractivity contribution < 1.29 is 13.2 Å². The van der Waals surface area contributed by atoms with Crippen LogP contribution >= 0.6 is 11.6 Å². The van der Waals surface area contributed by atoms with Crippen LogP contribution in [0.2, 0.25) is 5.02 Å². The summed E-state index contributed by atoms with van der Waals surface area (Å²) >= 11 is 6.07. The first-order valence-corrected chi connectivity index (χ1v) is 10.6. The molecule has 2 N–H and O–H groups in total. The number of anilines is 1. The normalized spacial score (nSPS) is 11.3. The van der Waals surface area contributed by atoms with Crippen molar-refractivity contribution in [1.29, 1.82) is 0 Å². The Bertz CT molecular complexity index is 1210. The number of hydrogen-bond donors (Lipinski definition) is 2. The molecule has 152 valence electrons. The quantitative estimate of drug-likeness (QED) is 0.620. The van der Waals surface area contributed by atoms with Gasteiger partial charge in [0.1, 0.15) is 5.75 Å². The van der Waals surface area contributed by atoms with Crippen LogP contribution in [0.4, 0.5) is 5.69 Å². The van der Waals surface area contributed by atoms with Gasteiger partial charge in [0.05, 0.1) is 23.4 Å². The van der Waals surface area contributed by atoms with E-state index in [4.69, 9.17) is 16.3 Å². The van der Waals surface area contributed by atoms with Gasteiger partial charge in [-0.05, 0) is 49.2 Å². The molecule has 0 aliphatic heterocycles. The van der Waals surface area contributed by atoms with Gasteiger partial charge in [-0.15, -0.1) is 0 Å². The second-order valence-electron chi connectivity index (χ2n) is 6.59. The van der Waals surface area contributed by atoms with E-state index in [0.717, 1.165) is 11.1 Å². The largest absolute Gasteiger partial charge is 0.495 e. The predicted octanol–water partition coefficient (Wildman–Crippen LogP) is 3.44. The summed E-state index contributed by atoms with van der Waals surface area (Å²) in [7, 11) is -2.39. The van der Waals surface area contributed by atoms with E-state index >= 15 is 0 Å². The van der Waals surface area contributed by atoms with Crippen LogP contribution in [0, 0.1) is 13.8 Å². The zero-order chi connectivity index (χ0) is 21.2. The standard InChI is InChI=1S/C20H20ClN3O4S/c1-12-8-18(19(28-3)11-17(12)21)24-29(26,27)16-6-4-14(5-7-16)10-15-9-13(2)22-23-20(15)25/h4-9,11,24H,10H2,1-3H3,(H,23,25). The van der Waals surface area contributed by atoms with Crippen LogP contribution in [0.3, 0.4) is 0 Å². The first-order valence-electron chi connectivity index (χ1n) is 8.70. The number of H-pyrrole nitrogens is 1. The maximum Gasteiger partial charge on any atom is 0.267 e. The lowest BCUT2D eigenvalue weighted by molar-refractivity contribution is 0.417. The summed E-state index contributed by atoms with van der Waals surface area (Å²) in [6.45, 7) is 3.56. The smallest absolute Gasteiger partial charge is 0.267 e. The first-order chi connectivity index (χ1) is 13.7. The van der Waals surface area contributed by atoms with Gasteiger partial charge >= 0.3 is 0 Å². The van der Waals surface area contributed by atoms with Crippen molar-refractivity contribution in [1.82, 2.24) is 10.2 Å². The van der Waals surface area contributed by atoms with E-state index in [-0.39, 0.29) is 10.5 Å². The van der Waals surface area contributed by atoms with Crippen molar-refractivity contribution in [3.05, 3.63) is 80.2 Å². The number of ether oxygens (including phenoxy) is 1. The van der Waals surface area contributed by atoms with Gasteiger partial charge in [0.15, 0.2) is 0 Å². The molecular formula is C20H20ClN3O4S. The first kappa shape index (κ1) is 20.9. The highest BCUT2D eigenvalue weighted by Gasteiger charge is 2.18. The van der Waals surface area contributed by atoms with Crippen LogP contribution in [0.15, 0.2) is 52.2 Å². The lowest BCUT2D eigenvalue weighted by atomic mass is 10.1. The van der Waals surface area contributed by atoms with Crippen LogP contribution in [0.25, 0.3) is 0 Å². The number of nitrogens with zero attached hydrogens (tertiary/aromatic N) is 1. The average Bonchev–Trinajstić information content (AvgIpc) is 2.67. The maximum atomic E-state index is 12.8. The van der Waals surface area contributed by atoms with Crippen LogP contribution in [-0.4, -0.2) is 25.7 Å². The molecule has 0 aliphatic carbocycles. The Morgan fingerprint density at radius 3 is 2.48 bits per heavy atom. The molecule has 3 aromatic rings. The molecule has 7 nitrogen and oxygen atoms in total. The lowest BCUT2D eigenvalue weighted by Gasteiger charge is -2.14. The van der Waals surface area contributed by atoms with E-state index in [0.29, 0.717) is 34.1 Å². The third-order valence-corrected chi connectivity index (χ3v) is 6.15. The highest BCUT2D eigenvalue weighted by atomic mass is 35.5. The van der Waals surface area contributed by atoms with Gasteiger partial charge < -0.3 is 4.74 Å². The molecule has 0 saturated carbocycles. The van der Waals surface area contributed by atoms with Crippen LogP contribution in [-0.2, 0) is 16.4 Å². The molecule has 29 heavy (non-hydrogen) atoms. The zero-order valence-corrected chi connectivity index (χ0v) is 17.7. The van der Waals surface area contributed by atoms with E-state index in [1.54, 1.807) is 44.2 Å². The fourth-order valence-corrected chi connectivity index (χ4v) is 4.03. The number of aryl methyl sites for hydroxylation is 2. The van der Waals surface area contributed by atoms with Gasteiger partial charge in [0, 0.05) is 23.1 Å².